The van der Waals surface area contributed by atoms with Crippen molar-refractivity contribution in [1.82, 2.24) is 4.72 Å². The first-order chi connectivity index (χ1) is 11.8. The van der Waals surface area contributed by atoms with Crippen molar-refractivity contribution >= 4 is 21.4 Å². The smallest absolute Gasteiger partial charge is 0.295 e. The van der Waals surface area contributed by atoms with E-state index in [2.05, 4.69) is 10.0 Å². The second-order valence-electron chi connectivity index (χ2n) is 4.97. The van der Waals surface area contributed by atoms with Gasteiger partial charge in [-0.1, -0.05) is 12.1 Å². The molecule has 2 N–H and O–H groups in total. The topological polar surface area (TPSA) is 111 Å². The number of anilines is 1. The Kier molecular flexibility index (Phi) is 5.55. The van der Waals surface area contributed by atoms with Gasteiger partial charge < -0.3 is 10.1 Å². The maximum absolute atomic E-state index is 13.6. The minimum absolute atomic E-state index is 0.0603. The number of benzene rings is 2. The van der Waals surface area contributed by atoms with Crippen LogP contribution in [-0.4, -0.2) is 27.5 Å². The number of nitrogens with zero attached hydrogens (tertiary/aromatic N) is 1. The Morgan fingerprint density at radius 1 is 1.28 bits per heavy atom. The van der Waals surface area contributed by atoms with Gasteiger partial charge >= 0.3 is 0 Å². The summed E-state index contributed by atoms with van der Waals surface area (Å²) in [6.07, 6.45) is 0. The predicted octanol–water partition coefficient (Wildman–Crippen LogP) is 2.26. The zero-order valence-corrected chi connectivity index (χ0v) is 14.3. The van der Waals surface area contributed by atoms with E-state index >= 15 is 0 Å². The molecule has 0 fully saturated rings. The van der Waals surface area contributed by atoms with Crippen LogP contribution < -0.4 is 14.8 Å². The fourth-order valence-electron chi connectivity index (χ4n) is 2.13. The van der Waals surface area contributed by atoms with Crippen LogP contribution in [0.5, 0.6) is 5.75 Å². The molecule has 8 nitrogen and oxygen atoms in total. The molecular weight excluding hydrogens is 353 g/mol. The summed E-state index contributed by atoms with van der Waals surface area (Å²) in [5, 5.41) is 13.9. The van der Waals surface area contributed by atoms with Crippen LogP contribution in [0.25, 0.3) is 0 Å². The second kappa shape index (κ2) is 7.45. The van der Waals surface area contributed by atoms with Gasteiger partial charge in [-0.15, -0.1) is 0 Å². The van der Waals surface area contributed by atoms with E-state index in [1.54, 1.807) is 12.1 Å². The van der Waals surface area contributed by atoms with Crippen molar-refractivity contribution in [3.8, 4) is 5.75 Å². The lowest BCUT2D eigenvalue weighted by molar-refractivity contribution is -0.384. The molecule has 0 aliphatic heterocycles. The van der Waals surface area contributed by atoms with Crippen LogP contribution in [0.4, 0.5) is 15.8 Å². The van der Waals surface area contributed by atoms with Gasteiger partial charge in [0, 0.05) is 12.6 Å². The third-order valence-electron chi connectivity index (χ3n) is 3.43. The van der Waals surface area contributed by atoms with Gasteiger partial charge in [0.2, 0.25) is 10.0 Å². The Bertz CT molecular complexity index is 902. The minimum atomic E-state index is -3.60. The Morgan fingerprint density at radius 3 is 2.60 bits per heavy atom. The highest BCUT2D eigenvalue weighted by molar-refractivity contribution is 7.89. The molecular formula is C15H16FN3O5S. The van der Waals surface area contributed by atoms with Crippen molar-refractivity contribution in [1.29, 1.82) is 0 Å². The molecule has 134 valence electrons. The van der Waals surface area contributed by atoms with Gasteiger partial charge in [0.05, 0.1) is 23.0 Å². The van der Waals surface area contributed by atoms with E-state index in [4.69, 9.17) is 4.74 Å². The molecule has 0 aliphatic carbocycles. The molecule has 2 rings (SSSR count). The number of halogens is 1. The van der Waals surface area contributed by atoms with Gasteiger partial charge in [0.25, 0.3) is 5.69 Å². The number of sulfonamides is 1. The Balaban J connectivity index is 2.30. The fourth-order valence-corrected chi connectivity index (χ4v) is 2.93. The quantitative estimate of drug-likeness (QED) is 0.572. The Hall–Kier alpha value is -2.72. The number of ether oxygens (including phenoxy) is 1. The normalized spacial score (nSPS) is 11.2. The van der Waals surface area contributed by atoms with Crippen LogP contribution in [-0.2, 0) is 16.6 Å². The fraction of sp³-hybridized carbons (Fsp3) is 0.200. The van der Waals surface area contributed by atoms with Crippen molar-refractivity contribution in [3.05, 3.63) is 57.9 Å². The highest BCUT2D eigenvalue weighted by Crippen LogP contribution is 2.32. The molecule has 0 unspecified atom stereocenters. The van der Waals surface area contributed by atoms with Crippen molar-refractivity contribution in [2.24, 2.45) is 0 Å². The molecule has 0 amide bonds. The summed E-state index contributed by atoms with van der Waals surface area (Å²) < 4.78 is 44.3. The summed E-state index contributed by atoms with van der Waals surface area (Å²) in [4.78, 5) is 10.4. The van der Waals surface area contributed by atoms with E-state index in [0.717, 1.165) is 6.07 Å². The molecule has 0 spiro atoms. The predicted molar refractivity (Wildman–Crippen MR) is 89.6 cm³/mol. The standard InChI is InChI=1S/C15H16FN3O5S/c1-17-25(22,23)11-5-3-4-10(6-11)9-18-13-8-15(24-2)12(16)7-14(13)19(20)21/h3-8,17-18H,9H2,1-2H3. The number of hydrogen-bond donors (Lipinski definition) is 2. The number of nitrogens with one attached hydrogen (secondary N) is 2. The summed E-state index contributed by atoms with van der Waals surface area (Å²) in [6, 6.07) is 8.03. The molecule has 0 heterocycles. The van der Waals surface area contributed by atoms with Crippen LogP contribution in [0.2, 0.25) is 0 Å². The monoisotopic (exact) mass is 369 g/mol. The highest BCUT2D eigenvalue weighted by atomic mass is 32.2. The highest BCUT2D eigenvalue weighted by Gasteiger charge is 2.19. The van der Waals surface area contributed by atoms with Gasteiger partial charge in [-0.25, -0.2) is 17.5 Å². The molecule has 0 atom stereocenters. The van der Waals surface area contributed by atoms with E-state index in [1.807, 2.05) is 0 Å². The van der Waals surface area contributed by atoms with Gasteiger partial charge in [-0.3, -0.25) is 10.1 Å². The largest absolute Gasteiger partial charge is 0.494 e. The summed E-state index contributed by atoms with van der Waals surface area (Å²) in [6.45, 7) is 0.0999. The van der Waals surface area contributed by atoms with Crippen LogP contribution in [0.3, 0.4) is 0 Å². The average Bonchev–Trinajstić information content (AvgIpc) is 2.60. The van der Waals surface area contributed by atoms with Gasteiger partial charge in [0.15, 0.2) is 11.6 Å². The molecule has 2 aromatic carbocycles. The zero-order valence-electron chi connectivity index (χ0n) is 13.4. The number of nitro benzene ring substituents is 1. The van der Waals surface area contributed by atoms with E-state index in [-0.39, 0.29) is 22.9 Å². The summed E-state index contributed by atoms with van der Waals surface area (Å²) in [5.41, 5.74) is 0.191. The number of methoxy groups -OCH3 is 1. The van der Waals surface area contributed by atoms with Crippen LogP contribution in [0, 0.1) is 15.9 Å². The molecule has 2 aromatic rings. The van der Waals surface area contributed by atoms with Gasteiger partial charge in [-0.05, 0) is 24.7 Å². The molecule has 0 radical (unpaired) electrons. The molecule has 0 saturated carbocycles. The maximum Gasteiger partial charge on any atom is 0.295 e. The third-order valence-corrected chi connectivity index (χ3v) is 4.84. The molecule has 0 bridgehead atoms. The van der Waals surface area contributed by atoms with Crippen molar-refractivity contribution in [2.45, 2.75) is 11.4 Å². The van der Waals surface area contributed by atoms with Crippen molar-refractivity contribution in [2.75, 3.05) is 19.5 Å². The van der Waals surface area contributed by atoms with Gasteiger partial charge in [-0.2, -0.15) is 0 Å². The number of nitro groups is 1. The number of rotatable bonds is 7. The van der Waals surface area contributed by atoms with E-state index in [9.17, 15) is 22.9 Å². The first-order valence-electron chi connectivity index (χ1n) is 7.06. The number of hydrogen-bond acceptors (Lipinski definition) is 6. The molecule has 25 heavy (non-hydrogen) atoms. The summed E-state index contributed by atoms with van der Waals surface area (Å²) in [5.74, 6) is -0.985. The van der Waals surface area contributed by atoms with Crippen LogP contribution in [0.15, 0.2) is 41.3 Å². The molecule has 0 aliphatic rings. The summed E-state index contributed by atoms with van der Waals surface area (Å²) in [7, 11) is -1.05. The SMILES string of the molecule is CNS(=O)(=O)c1cccc(CNc2cc(OC)c(F)cc2[N+](=O)[O-])c1. The third kappa shape index (κ3) is 4.22. The van der Waals surface area contributed by atoms with Gasteiger partial charge in [0.1, 0.15) is 5.69 Å². The van der Waals surface area contributed by atoms with Crippen LogP contribution in [0.1, 0.15) is 5.56 Å². The Labute approximate surface area is 143 Å². The molecule has 10 heteroatoms. The summed E-state index contributed by atoms with van der Waals surface area (Å²) >= 11 is 0. The van der Waals surface area contributed by atoms with Crippen LogP contribution >= 0.6 is 0 Å². The second-order valence-corrected chi connectivity index (χ2v) is 6.86. The zero-order chi connectivity index (χ0) is 18.6. The Morgan fingerprint density at radius 2 is 2.00 bits per heavy atom. The minimum Gasteiger partial charge on any atom is -0.494 e. The average molecular weight is 369 g/mol. The molecule has 0 saturated heterocycles. The van der Waals surface area contributed by atoms with E-state index < -0.39 is 26.5 Å². The lowest BCUT2D eigenvalue weighted by Crippen LogP contribution is -2.18. The van der Waals surface area contributed by atoms with E-state index in [1.165, 1.54) is 32.4 Å². The lowest BCUT2D eigenvalue weighted by Gasteiger charge is -2.11. The van der Waals surface area contributed by atoms with Crippen molar-refractivity contribution in [3.63, 3.8) is 0 Å². The van der Waals surface area contributed by atoms with E-state index in [0.29, 0.717) is 5.56 Å². The first kappa shape index (κ1) is 18.6. The lowest BCUT2D eigenvalue weighted by atomic mass is 10.2. The first-order valence-corrected chi connectivity index (χ1v) is 8.55. The van der Waals surface area contributed by atoms with Crippen molar-refractivity contribution < 1.29 is 22.5 Å². The maximum atomic E-state index is 13.6. The molecule has 0 aromatic heterocycles.